The normalized spacial score (nSPS) is 10.4. The van der Waals surface area contributed by atoms with Crippen LogP contribution in [0.3, 0.4) is 0 Å². The predicted molar refractivity (Wildman–Crippen MR) is 75.4 cm³/mol. The summed E-state index contributed by atoms with van der Waals surface area (Å²) in [4.78, 5) is 12.5. The van der Waals surface area contributed by atoms with Gasteiger partial charge in [-0.05, 0) is 42.3 Å². The fourth-order valence-corrected chi connectivity index (χ4v) is 2.08. The summed E-state index contributed by atoms with van der Waals surface area (Å²) < 4.78 is 0. The van der Waals surface area contributed by atoms with Crippen molar-refractivity contribution in [3.63, 3.8) is 0 Å². The zero-order chi connectivity index (χ0) is 13.1. The molecule has 0 spiro atoms. The second kappa shape index (κ2) is 4.98. The minimum Gasteiger partial charge on any atom is -0.256 e. The highest BCUT2D eigenvalue weighted by atomic mass is 14.8. The van der Waals surface area contributed by atoms with Crippen molar-refractivity contribution in [2.24, 2.45) is 0 Å². The Balaban J connectivity index is 2.12. The minimum atomic E-state index is 0.976. The summed E-state index contributed by atoms with van der Waals surface area (Å²) in [5.41, 5.74) is 5.41. The average molecular weight is 247 g/mol. The van der Waals surface area contributed by atoms with Gasteiger partial charge in [0, 0.05) is 29.7 Å². The Bertz CT molecular complexity index is 621. The summed E-state index contributed by atoms with van der Waals surface area (Å²) in [5.74, 6) is 0. The Hall–Kier alpha value is -2.55. The Kier molecular flexibility index (Phi) is 3.02. The first-order chi connectivity index (χ1) is 9.33. The number of nitrogens with zero attached hydrogens (tertiary/aromatic N) is 3. The molecular formula is C16H13N3. The highest BCUT2D eigenvalue weighted by molar-refractivity contribution is 5.71. The van der Waals surface area contributed by atoms with E-state index in [4.69, 9.17) is 0 Å². The second-order valence-corrected chi connectivity index (χ2v) is 4.43. The molecule has 0 aliphatic carbocycles. The van der Waals surface area contributed by atoms with Crippen LogP contribution in [0.25, 0.3) is 22.4 Å². The van der Waals surface area contributed by atoms with Gasteiger partial charge in [0.2, 0.25) is 0 Å². The lowest BCUT2D eigenvalue weighted by Crippen LogP contribution is -1.87. The molecule has 0 bridgehead atoms. The predicted octanol–water partition coefficient (Wildman–Crippen LogP) is 3.51. The molecular weight excluding hydrogens is 234 g/mol. The van der Waals surface area contributed by atoms with E-state index in [1.807, 2.05) is 36.8 Å². The molecule has 0 fully saturated rings. The van der Waals surface area contributed by atoms with E-state index < -0.39 is 0 Å². The SMILES string of the molecule is Cc1cc(-c2cncnc2)cc(-c2ccccn2)c1. The quantitative estimate of drug-likeness (QED) is 0.695. The number of aryl methyl sites for hydroxylation is 1. The highest BCUT2D eigenvalue weighted by Crippen LogP contribution is 2.26. The van der Waals surface area contributed by atoms with Crippen LogP contribution in [0.4, 0.5) is 0 Å². The minimum absolute atomic E-state index is 0.976. The van der Waals surface area contributed by atoms with E-state index in [-0.39, 0.29) is 0 Å². The molecule has 1 aromatic carbocycles. The molecule has 0 N–H and O–H groups in total. The fraction of sp³-hybridized carbons (Fsp3) is 0.0625. The van der Waals surface area contributed by atoms with E-state index in [1.165, 1.54) is 5.56 Å². The first-order valence-electron chi connectivity index (χ1n) is 6.11. The van der Waals surface area contributed by atoms with Crippen molar-refractivity contribution in [3.8, 4) is 22.4 Å². The van der Waals surface area contributed by atoms with Gasteiger partial charge in [-0.15, -0.1) is 0 Å². The largest absolute Gasteiger partial charge is 0.256 e. The summed E-state index contributed by atoms with van der Waals surface area (Å²) in [5, 5.41) is 0. The van der Waals surface area contributed by atoms with Crippen molar-refractivity contribution in [3.05, 3.63) is 66.9 Å². The molecule has 0 atom stereocenters. The summed E-state index contributed by atoms with van der Waals surface area (Å²) in [6.45, 7) is 2.08. The molecule has 2 aromatic heterocycles. The number of hydrogen-bond donors (Lipinski definition) is 0. The summed E-state index contributed by atoms with van der Waals surface area (Å²) >= 11 is 0. The number of hydrogen-bond acceptors (Lipinski definition) is 3. The van der Waals surface area contributed by atoms with Crippen LogP contribution in [0.1, 0.15) is 5.56 Å². The number of pyridine rings is 1. The van der Waals surface area contributed by atoms with Gasteiger partial charge >= 0.3 is 0 Å². The average Bonchev–Trinajstić information content (AvgIpc) is 2.48. The lowest BCUT2D eigenvalue weighted by Gasteiger charge is -2.07. The summed E-state index contributed by atoms with van der Waals surface area (Å²) in [7, 11) is 0. The van der Waals surface area contributed by atoms with Gasteiger partial charge in [0.1, 0.15) is 6.33 Å². The van der Waals surface area contributed by atoms with Crippen molar-refractivity contribution in [1.29, 1.82) is 0 Å². The first kappa shape index (κ1) is 11.5. The topological polar surface area (TPSA) is 38.7 Å². The second-order valence-electron chi connectivity index (χ2n) is 4.43. The molecule has 0 saturated carbocycles. The van der Waals surface area contributed by atoms with Gasteiger partial charge in [0.25, 0.3) is 0 Å². The molecule has 2 heterocycles. The number of rotatable bonds is 2. The Morgan fingerprint density at radius 1 is 0.842 bits per heavy atom. The standard InChI is InChI=1S/C16H13N3/c1-12-6-13(15-9-17-11-18-10-15)8-14(7-12)16-4-2-3-5-19-16/h2-11H,1H3. The van der Waals surface area contributed by atoms with Crippen LogP contribution in [0.5, 0.6) is 0 Å². The van der Waals surface area contributed by atoms with Gasteiger partial charge in [-0.25, -0.2) is 9.97 Å². The monoisotopic (exact) mass is 247 g/mol. The fourth-order valence-electron chi connectivity index (χ4n) is 2.08. The van der Waals surface area contributed by atoms with Gasteiger partial charge in [0.15, 0.2) is 0 Å². The van der Waals surface area contributed by atoms with Crippen LogP contribution in [0, 0.1) is 6.92 Å². The third-order valence-corrected chi connectivity index (χ3v) is 2.93. The van der Waals surface area contributed by atoms with Crippen LogP contribution in [0.2, 0.25) is 0 Å². The molecule has 0 saturated heterocycles. The van der Waals surface area contributed by atoms with E-state index >= 15 is 0 Å². The van der Waals surface area contributed by atoms with Crippen LogP contribution in [-0.4, -0.2) is 15.0 Å². The number of aromatic nitrogens is 3. The van der Waals surface area contributed by atoms with Gasteiger partial charge in [-0.2, -0.15) is 0 Å². The third kappa shape index (κ3) is 2.50. The highest BCUT2D eigenvalue weighted by Gasteiger charge is 2.04. The third-order valence-electron chi connectivity index (χ3n) is 2.93. The zero-order valence-corrected chi connectivity index (χ0v) is 10.6. The summed E-state index contributed by atoms with van der Waals surface area (Å²) in [6.07, 6.45) is 7.00. The lowest BCUT2D eigenvalue weighted by atomic mass is 10.0. The first-order valence-corrected chi connectivity index (χ1v) is 6.11. The van der Waals surface area contributed by atoms with E-state index in [0.29, 0.717) is 0 Å². The van der Waals surface area contributed by atoms with E-state index in [2.05, 4.69) is 40.1 Å². The lowest BCUT2D eigenvalue weighted by molar-refractivity contribution is 1.17. The van der Waals surface area contributed by atoms with Crippen molar-refractivity contribution in [2.45, 2.75) is 6.92 Å². The molecule has 3 aromatic rings. The molecule has 3 heteroatoms. The van der Waals surface area contributed by atoms with Crippen LogP contribution in [-0.2, 0) is 0 Å². The van der Waals surface area contributed by atoms with E-state index in [0.717, 1.165) is 22.4 Å². The Morgan fingerprint density at radius 2 is 1.63 bits per heavy atom. The Labute approximate surface area is 112 Å². The maximum absolute atomic E-state index is 4.39. The van der Waals surface area contributed by atoms with Crippen molar-refractivity contribution >= 4 is 0 Å². The van der Waals surface area contributed by atoms with Crippen LogP contribution in [0.15, 0.2) is 61.3 Å². The molecule has 0 aliphatic rings. The molecule has 3 nitrogen and oxygen atoms in total. The molecule has 0 unspecified atom stereocenters. The smallest absolute Gasteiger partial charge is 0.115 e. The molecule has 0 aliphatic heterocycles. The van der Waals surface area contributed by atoms with Gasteiger partial charge in [0.05, 0.1) is 5.69 Å². The summed E-state index contributed by atoms with van der Waals surface area (Å²) in [6, 6.07) is 12.3. The van der Waals surface area contributed by atoms with Gasteiger partial charge in [-0.3, -0.25) is 4.98 Å². The zero-order valence-electron chi connectivity index (χ0n) is 10.6. The van der Waals surface area contributed by atoms with E-state index in [1.54, 1.807) is 6.33 Å². The van der Waals surface area contributed by atoms with Crippen molar-refractivity contribution < 1.29 is 0 Å². The molecule has 3 rings (SSSR count). The van der Waals surface area contributed by atoms with Crippen molar-refractivity contribution in [2.75, 3.05) is 0 Å². The number of benzene rings is 1. The molecule has 92 valence electrons. The van der Waals surface area contributed by atoms with Crippen molar-refractivity contribution in [1.82, 2.24) is 15.0 Å². The van der Waals surface area contributed by atoms with Gasteiger partial charge in [-0.1, -0.05) is 12.1 Å². The molecule has 19 heavy (non-hydrogen) atoms. The Morgan fingerprint density at radius 3 is 2.37 bits per heavy atom. The molecule has 0 amide bonds. The van der Waals surface area contributed by atoms with E-state index in [9.17, 15) is 0 Å². The molecule has 0 radical (unpaired) electrons. The maximum atomic E-state index is 4.39. The van der Waals surface area contributed by atoms with Crippen LogP contribution < -0.4 is 0 Å². The van der Waals surface area contributed by atoms with Gasteiger partial charge < -0.3 is 0 Å². The van der Waals surface area contributed by atoms with Crippen LogP contribution >= 0.6 is 0 Å². The maximum Gasteiger partial charge on any atom is 0.115 e.